The van der Waals surface area contributed by atoms with Crippen LogP contribution in [0.2, 0.25) is 0 Å². The van der Waals surface area contributed by atoms with Gasteiger partial charge in [0.05, 0.1) is 25.9 Å². The monoisotopic (exact) mass is 446 g/mol. The average molecular weight is 447 g/mol. The summed E-state index contributed by atoms with van der Waals surface area (Å²) in [5.74, 6) is 1.91. The van der Waals surface area contributed by atoms with Gasteiger partial charge < -0.3 is 19.5 Å². The number of rotatable bonds is 9. The summed E-state index contributed by atoms with van der Waals surface area (Å²) in [4.78, 5) is 4.82. The van der Waals surface area contributed by atoms with Crippen molar-refractivity contribution in [1.29, 1.82) is 0 Å². The zero-order chi connectivity index (χ0) is 23.4. The smallest absolute Gasteiger partial charge is 0.218 e. The van der Waals surface area contributed by atoms with Crippen LogP contribution in [0.1, 0.15) is 27.9 Å². The van der Waals surface area contributed by atoms with Gasteiger partial charge >= 0.3 is 0 Å². The summed E-state index contributed by atoms with van der Waals surface area (Å²) < 4.78 is 19.0. The Morgan fingerprint density at radius 1 is 0.909 bits per heavy atom. The number of methoxy groups -OCH3 is 2. The predicted octanol–water partition coefficient (Wildman–Crippen LogP) is 4.47. The molecule has 0 atom stereocenters. The summed E-state index contributed by atoms with van der Waals surface area (Å²) in [6, 6.07) is 14.2. The van der Waals surface area contributed by atoms with E-state index in [-0.39, 0.29) is 0 Å². The molecule has 0 aliphatic rings. The fraction of sp³-hybridized carbons (Fsp3) is 0.308. The molecule has 4 rings (SSSR count). The Morgan fingerprint density at radius 2 is 1.61 bits per heavy atom. The molecule has 2 aromatic heterocycles. The number of fused-ring (bicyclic) bond motifs is 1. The molecule has 0 radical (unpaired) electrons. The molecule has 2 aromatic carbocycles. The highest BCUT2D eigenvalue weighted by Gasteiger charge is 2.13. The van der Waals surface area contributed by atoms with Gasteiger partial charge in [0.1, 0.15) is 6.61 Å². The maximum atomic E-state index is 6.19. The molecular formula is C26H30N4O3. The predicted molar refractivity (Wildman–Crippen MR) is 129 cm³/mol. The van der Waals surface area contributed by atoms with E-state index in [9.17, 15) is 0 Å². The van der Waals surface area contributed by atoms with Crippen molar-refractivity contribution in [1.82, 2.24) is 20.1 Å². The molecule has 0 aliphatic carbocycles. The normalized spacial score (nSPS) is 11.1. The third kappa shape index (κ3) is 5.09. The molecule has 4 aromatic rings. The van der Waals surface area contributed by atoms with Gasteiger partial charge in [-0.2, -0.15) is 5.10 Å². The zero-order valence-electron chi connectivity index (χ0n) is 19.8. The quantitative estimate of drug-likeness (QED) is 0.409. The third-order valence-electron chi connectivity index (χ3n) is 5.82. The maximum absolute atomic E-state index is 6.19. The number of benzene rings is 2. The van der Waals surface area contributed by atoms with Crippen molar-refractivity contribution in [3.8, 4) is 17.4 Å². The van der Waals surface area contributed by atoms with Gasteiger partial charge in [-0.15, -0.1) is 0 Å². The van der Waals surface area contributed by atoms with Gasteiger partial charge in [-0.05, 0) is 31.5 Å². The van der Waals surface area contributed by atoms with Crippen LogP contribution >= 0.6 is 0 Å². The fourth-order valence-electron chi connectivity index (χ4n) is 3.66. The number of aryl methyl sites for hydroxylation is 2. The molecule has 0 bridgehead atoms. The minimum absolute atomic E-state index is 0.445. The van der Waals surface area contributed by atoms with Crippen LogP contribution in [-0.4, -0.2) is 29.0 Å². The van der Waals surface area contributed by atoms with E-state index in [1.165, 1.54) is 11.1 Å². The lowest BCUT2D eigenvalue weighted by molar-refractivity contribution is 0.290. The van der Waals surface area contributed by atoms with Crippen LogP contribution in [0.15, 0.2) is 48.7 Å². The van der Waals surface area contributed by atoms with Crippen LogP contribution in [0.25, 0.3) is 10.9 Å². The molecule has 0 aliphatic heterocycles. The number of nitrogens with one attached hydrogen (secondary N) is 1. The third-order valence-corrected chi connectivity index (χ3v) is 5.82. The number of hydrogen-bond acceptors (Lipinski definition) is 6. The van der Waals surface area contributed by atoms with Gasteiger partial charge in [0.25, 0.3) is 0 Å². The van der Waals surface area contributed by atoms with Gasteiger partial charge in [-0.1, -0.05) is 29.8 Å². The van der Waals surface area contributed by atoms with E-state index in [2.05, 4.69) is 54.6 Å². The molecule has 172 valence electrons. The number of ether oxygens (including phenoxy) is 3. The Bertz CT molecular complexity index is 1250. The number of aromatic nitrogens is 3. The molecule has 0 unspecified atom stereocenters. The van der Waals surface area contributed by atoms with Crippen LogP contribution in [0.4, 0.5) is 0 Å². The Morgan fingerprint density at radius 3 is 2.27 bits per heavy atom. The van der Waals surface area contributed by atoms with Crippen LogP contribution in [0, 0.1) is 13.8 Å². The summed E-state index contributed by atoms with van der Waals surface area (Å²) in [5, 5.41) is 8.79. The minimum Gasteiger partial charge on any atom is -0.493 e. The van der Waals surface area contributed by atoms with Gasteiger partial charge in [-0.3, -0.25) is 4.68 Å². The lowest BCUT2D eigenvalue weighted by Gasteiger charge is -2.15. The molecule has 1 N–H and O–H groups in total. The van der Waals surface area contributed by atoms with Crippen molar-refractivity contribution in [3.63, 3.8) is 0 Å². The molecule has 0 spiro atoms. The molecule has 0 fully saturated rings. The average Bonchev–Trinajstić information content (AvgIpc) is 3.15. The number of pyridine rings is 1. The van der Waals surface area contributed by atoms with Crippen LogP contribution in [0.3, 0.4) is 0 Å². The van der Waals surface area contributed by atoms with E-state index >= 15 is 0 Å². The van der Waals surface area contributed by atoms with Crippen molar-refractivity contribution in [2.75, 3.05) is 14.2 Å². The highest BCUT2D eigenvalue weighted by Crippen LogP contribution is 2.33. The number of nitrogens with zero attached hydrogens (tertiary/aromatic N) is 3. The molecule has 2 heterocycles. The second-order valence-electron chi connectivity index (χ2n) is 8.11. The maximum Gasteiger partial charge on any atom is 0.218 e. The van der Waals surface area contributed by atoms with E-state index < -0.39 is 0 Å². The first kappa shape index (κ1) is 22.6. The highest BCUT2D eigenvalue weighted by molar-refractivity contribution is 5.84. The summed E-state index contributed by atoms with van der Waals surface area (Å²) in [7, 11) is 5.21. The largest absolute Gasteiger partial charge is 0.493 e. The van der Waals surface area contributed by atoms with Crippen molar-refractivity contribution in [2.24, 2.45) is 7.05 Å². The van der Waals surface area contributed by atoms with Crippen molar-refractivity contribution < 1.29 is 14.2 Å². The second-order valence-corrected chi connectivity index (χ2v) is 8.11. The highest BCUT2D eigenvalue weighted by atomic mass is 16.5. The molecule has 7 heteroatoms. The molecule has 0 saturated carbocycles. The van der Waals surface area contributed by atoms with E-state index in [1.54, 1.807) is 14.2 Å². The topological polar surface area (TPSA) is 70.4 Å². The van der Waals surface area contributed by atoms with Crippen molar-refractivity contribution >= 4 is 10.9 Å². The van der Waals surface area contributed by atoms with E-state index in [1.807, 2.05) is 30.1 Å². The molecule has 0 amide bonds. The van der Waals surface area contributed by atoms with Gasteiger partial charge in [0, 0.05) is 48.4 Å². The van der Waals surface area contributed by atoms with Crippen LogP contribution in [-0.2, 0) is 26.7 Å². The summed E-state index contributed by atoms with van der Waals surface area (Å²) in [5.41, 5.74) is 6.40. The Balaban J connectivity index is 1.62. The van der Waals surface area contributed by atoms with Crippen LogP contribution in [0.5, 0.6) is 17.4 Å². The second kappa shape index (κ2) is 9.92. The van der Waals surface area contributed by atoms with E-state index in [0.29, 0.717) is 37.1 Å². The lowest BCUT2D eigenvalue weighted by atomic mass is 10.1. The first-order chi connectivity index (χ1) is 16.0. The van der Waals surface area contributed by atoms with E-state index in [0.717, 1.165) is 27.7 Å². The molecular weight excluding hydrogens is 416 g/mol. The van der Waals surface area contributed by atoms with Gasteiger partial charge in [-0.25, -0.2) is 4.98 Å². The summed E-state index contributed by atoms with van der Waals surface area (Å²) in [6.45, 7) is 5.90. The fourth-order valence-corrected chi connectivity index (χ4v) is 3.66. The Hall–Kier alpha value is -3.58. The minimum atomic E-state index is 0.445. The molecule has 0 saturated heterocycles. The van der Waals surface area contributed by atoms with Gasteiger partial charge in [0.2, 0.25) is 5.88 Å². The first-order valence-electron chi connectivity index (χ1n) is 10.9. The van der Waals surface area contributed by atoms with Crippen LogP contribution < -0.4 is 19.5 Å². The Labute approximate surface area is 194 Å². The van der Waals surface area contributed by atoms with Crippen molar-refractivity contribution in [2.45, 2.75) is 33.5 Å². The standard InChI is InChI=1S/C26H30N4O3/c1-17-6-8-19(9-7-17)16-33-26-21(13-27-14-22-15-28-30(3)18(22)2)10-20-11-24(31-4)25(32-5)12-23(20)29-26/h6-12,15,27H,13-14,16H2,1-5H3. The summed E-state index contributed by atoms with van der Waals surface area (Å²) in [6.07, 6.45) is 1.90. The Kier molecular flexibility index (Phi) is 6.79. The molecule has 7 nitrogen and oxygen atoms in total. The summed E-state index contributed by atoms with van der Waals surface area (Å²) >= 11 is 0. The number of hydrogen-bond donors (Lipinski definition) is 1. The molecule has 33 heavy (non-hydrogen) atoms. The SMILES string of the molecule is COc1cc2cc(CNCc3cnn(C)c3C)c(OCc3ccc(C)cc3)nc2cc1OC. The first-order valence-corrected chi connectivity index (χ1v) is 10.9. The van der Waals surface area contributed by atoms with Gasteiger partial charge in [0.15, 0.2) is 11.5 Å². The van der Waals surface area contributed by atoms with E-state index in [4.69, 9.17) is 19.2 Å². The van der Waals surface area contributed by atoms with Crippen molar-refractivity contribution in [3.05, 3.63) is 76.6 Å². The lowest BCUT2D eigenvalue weighted by Crippen LogP contribution is -2.15. The zero-order valence-corrected chi connectivity index (χ0v) is 19.8.